The van der Waals surface area contributed by atoms with Crippen LogP contribution in [0.5, 0.6) is 0 Å². The molecular formula is C13H9FN2. The van der Waals surface area contributed by atoms with Gasteiger partial charge in [0.2, 0.25) is 0 Å². The van der Waals surface area contributed by atoms with Crippen LogP contribution in [0.4, 0.5) is 4.39 Å². The molecule has 16 heavy (non-hydrogen) atoms. The summed E-state index contributed by atoms with van der Waals surface area (Å²) in [7, 11) is 0. The zero-order chi connectivity index (χ0) is 12.0. The summed E-state index contributed by atoms with van der Waals surface area (Å²) in [5.74, 6) is -0.314. The Hall–Kier alpha value is -2.39. The van der Waals surface area contributed by atoms with Gasteiger partial charge in [0.1, 0.15) is 23.5 Å². The molecule has 2 nitrogen and oxygen atoms in total. The smallest absolute Gasteiger partial charge is 0.129 e. The molecule has 0 radical (unpaired) electrons. The van der Waals surface area contributed by atoms with E-state index in [4.69, 9.17) is 10.5 Å². The van der Waals surface area contributed by atoms with Crippen molar-refractivity contribution in [1.82, 2.24) is 0 Å². The fourth-order valence-corrected chi connectivity index (χ4v) is 1.22. The van der Waals surface area contributed by atoms with Gasteiger partial charge in [0.05, 0.1) is 0 Å². The van der Waals surface area contributed by atoms with Crippen LogP contribution in [-0.2, 0) is 0 Å². The topological polar surface area (TPSA) is 47.6 Å². The van der Waals surface area contributed by atoms with Gasteiger partial charge in [-0.3, -0.25) is 0 Å². The van der Waals surface area contributed by atoms with Gasteiger partial charge in [-0.1, -0.05) is 18.2 Å². The van der Waals surface area contributed by atoms with Gasteiger partial charge in [0, 0.05) is 0 Å². The highest BCUT2D eigenvalue weighted by molar-refractivity contribution is 5.57. The molecule has 0 fully saturated rings. The number of hydrogen-bond donors (Lipinski definition) is 0. The lowest BCUT2D eigenvalue weighted by atomic mass is 10.1. The summed E-state index contributed by atoms with van der Waals surface area (Å²) >= 11 is 0. The average molecular weight is 212 g/mol. The summed E-state index contributed by atoms with van der Waals surface area (Å²) in [6.45, 7) is 1.75. The van der Waals surface area contributed by atoms with Gasteiger partial charge in [-0.15, -0.1) is 0 Å². The number of nitrogens with zero attached hydrogens (tertiary/aromatic N) is 2. The second kappa shape index (κ2) is 5.48. The van der Waals surface area contributed by atoms with E-state index in [1.807, 2.05) is 0 Å². The highest BCUT2D eigenvalue weighted by atomic mass is 19.1. The van der Waals surface area contributed by atoms with Crippen molar-refractivity contribution in [1.29, 1.82) is 10.5 Å². The van der Waals surface area contributed by atoms with Crippen molar-refractivity contribution in [2.75, 3.05) is 0 Å². The van der Waals surface area contributed by atoms with E-state index < -0.39 is 0 Å². The molecule has 0 heterocycles. The van der Waals surface area contributed by atoms with Crippen molar-refractivity contribution in [2.24, 2.45) is 0 Å². The van der Waals surface area contributed by atoms with Crippen LogP contribution >= 0.6 is 0 Å². The summed E-state index contributed by atoms with van der Waals surface area (Å²) < 4.78 is 12.9. The third kappa shape index (κ3) is 3.40. The Bertz CT molecular complexity index is 512. The maximum atomic E-state index is 12.9. The second-order valence-electron chi connectivity index (χ2n) is 3.22. The zero-order valence-electron chi connectivity index (χ0n) is 8.74. The van der Waals surface area contributed by atoms with Crippen LogP contribution in [0.3, 0.4) is 0 Å². The number of hydrogen-bond acceptors (Lipinski definition) is 2. The van der Waals surface area contributed by atoms with E-state index in [-0.39, 0.29) is 11.4 Å². The monoisotopic (exact) mass is 212 g/mol. The van der Waals surface area contributed by atoms with Gasteiger partial charge in [-0.05, 0) is 36.3 Å². The predicted molar refractivity (Wildman–Crippen MR) is 59.4 cm³/mol. The van der Waals surface area contributed by atoms with Gasteiger partial charge in [-0.2, -0.15) is 10.5 Å². The quantitative estimate of drug-likeness (QED) is 0.558. The van der Waals surface area contributed by atoms with Crippen LogP contribution in [0.25, 0.3) is 6.08 Å². The molecule has 0 saturated heterocycles. The molecule has 0 unspecified atom stereocenters. The van der Waals surface area contributed by atoms with Gasteiger partial charge in [-0.25, -0.2) is 4.39 Å². The van der Waals surface area contributed by atoms with Crippen LogP contribution in [0.1, 0.15) is 12.5 Å². The lowest BCUT2D eigenvalue weighted by Gasteiger charge is -1.95. The fraction of sp³-hybridized carbons (Fsp3) is 0.0769. The van der Waals surface area contributed by atoms with E-state index in [0.29, 0.717) is 5.56 Å². The third-order valence-electron chi connectivity index (χ3n) is 1.86. The Morgan fingerprint density at radius 1 is 1.31 bits per heavy atom. The standard InChI is InChI=1S/C13H9FN2/c1-10(6-12(8-15)9-16)5-11-3-2-4-13(14)7-11/h2-7H,1H3/b10-5+. The molecule has 0 bridgehead atoms. The first kappa shape index (κ1) is 11.7. The maximum absolute atomic E-state index is 12.9. The predicted octanol–water partition coefficient (Wildman–Crippen LogP) is 3.20. The maximum Gasteiger partial charge on any atom is 0.129 e. The summed E-state index contributed by atoms with van der Waals surface area (Å²) in [6.07, 6.45) is 3.17. The van der Waals surface area contributed by atoms with Gasteiger partial charge in [0.25, 0.3) is 0 Å². The molecule has 0 saturated carbocycles. The van der Waals surface area contributed by atoms with Crippen molar-refractivity contribution < 1.29 is 4.39 Å². The highest BCUT2D eigenvalue weighted by Gasteiger charge is 1.94. The third-order valence-corrected chi connectivity index (χ3v) is 1.86. The SMILES string of the molecule is C/C(C=C(C#N)C#N)=C\c1cccc(F)c1. The fourth-order valence-electron chi connectivity index (χ4n) is 1.22. The number of halogens is 1. The summed E-state index contributed by atoms with van der Waals surface area (Å²) in [5.41, 5.74) is 1.46. The molecule has 0 aliphatic heterocycles. The minimum atomic E-state index is -0.314. The van der Waals surface area contributed by atoms with Gasteiger partial charge >= 0.3 is 0 Å². The van der Waals surface area contributed by atoms with E-state index in [1.165, 1.54) is 18.2 Å². The lowest BCUT2D eigenvalue weighted by Crippen LogP contribution is -1.79. The highest BCUT2D eigenvalue weighted by Crippen LogP contribution is 2.10. The summed E-state index contributed by atoms with van der Waals surface area (Å²) in [4.78, 5) is 0. The largest absolute Gasteiger partial charge is 0.207 e. The molecule has 0 aliphatic rings. The van der Waals surface area contributed by atoms with Gasteiger partial charge < -0.3 is 0 Å². The average Bonchev–Trinajstić information content (AvgIpc) is 2.26. The van der Waals surface area contributed by atoms with Gasteiger partial charge in [0.15, 0.2) is 0 Å². The van der Waals surface area contributed by atoms with E-state index in [0.717, 1.165) is 5.57 Å². The molecule has 1 aromatic rings. The van der Waals surface area contributed by atoms with E-state index >= 15 is 0 Å². The van der Waals surface area contributed by atoms with Crippen molar-refractivity contribution in [3.8, 4) is 12.1 Å². The Balaban J connectivity index is 2.99. The van der Waals surface area contributed by atoms with Crippen molar-refractivity contribution in [3.63, 3.8) is 0 Å². The Kier molecular flexibility index (Phi) is 4.00. The number of nitriles is 2. The minimum absolute atomic E-state index is 0.0325. The van der Waals surface area contributed by atoms with E-state index in [9.17, 15) is 4.39 Å². The Morgan fingerprint density at radius 2 is 2.00 bits per heavy atom. The number of rotatable bonds is 2. The van der Waals surface area contributed by atoms with Crippen LogP contribution < -0.4 is 0 Å². The van der Waals surface area contributed by atoms with Crippen molar-refractivity contribution in [3.05, 3.63) is 52.9 Å². The Morgan fingerprint density at radius 3 is 2.56 bits per heavy atom. The van der Waals surface area contributed by atoms with E-state index in [2.05, 4.69) is 0 Å². The van der Waals surface area contributed by atoms with Crippen LogP contribution in [0.2, 0.25) is 0 Å². The number of benzene rings is 1. The Labute approximate surface area is 93.6 Å². The van der Waals surface area contributed by atoms with Crippen LogP contribution in [0.15, 0.2) is 41.5 Å². The molecule has 0 atom stereocenters. The molecule has 1 rings (SSSR count). The molecule has 0 amide bonds. The van der Waals surface area contributed by atoms with Crippen molar-refractivity contribution in [2.45, 2.75) is 6.92 Å². The molecule has 0 spiro atoms. The summed E-state index contributed by atoms with van der Waals surface area (Å²) in [5, 5.41) is 17.1. The zero-order valence-corrected chi connectivity index (χ0v) is 8.74. The first-order chi connectivity index (χ1) is 7.65. The first-order valence-corrected chi connectivity index (χ1v) is 4.61. The number of allylic oxidation sites excluding steroid dienone is 3. The molecular weight excluding hydrogens is 203 g/mol. The van der Waals surface area contributed by atoms with E-state index in [1.54, 1.807) is 37.3 Å². The first-order valence-electron chi connectivity index (χ1n) is 4.61. The van der Waals surface area contributed by atoms with Crippen LogP contribution in [-0.4, -0.2) is 0 Å². The molecule has 1 aromatic carbocycles. The molecule has 0 aliphatic carbocycles. The second-order valence-corrected chi connectivity index (χ2v) is 3.22. The molecule has 0 N–H and O–H groups in total. The minimum Gasteiger partial charge on any atom is -0.207 e. The summed E-state index contributed by atoms with van der Waals surface area (Å²) in [6, 6.07) is 9.63. The van der Waals surface area contributed by atoms with Crippen LogP contribution in [0, 0.1) is 28.5 Å². The van der Waals surface area contributed by atoms with Crippen molar-refractivity contribution >= 4 is 6.08 Å². The normalized spacial score (nSPS) is 10.1. The molecule has 78 valence electrons. The molecule has 3 heteroatoms. The lowest BCUT2D eigenvalue weighted by molar-refractivity contribution is 0.627. The molecule has 0 aromatic heterocycles.